The second-order valence-electron chi connectivity index (χ2n) is 6.58. The van der Waals surface area contributed by atoms with E-state index < -0.39 is 20.7 Å². The average Bonchev–Trinajstić information content (AvgIpc) is 3.20. The number of sulfonamides is 1. The van der Waals surface area contributed by atoms with Gasteiger partial charge in [-0.3, -0.25) is 4.72 Å². The van der Waals surface area contributed by atoms with Crippen molar-refractivity contribution in [3.05, 3.63) is 33.9 Å². The Morgan fingerprint density at radius 3 is 2.88 bits per heavy atom. The van der Waals surface area contributed by atoms with Crippen LogP contribution in [0.3, 0.4) is 0 Å². The van der Waals surface area contributed by atoms with Gasteiger partial charge in [-0.2, -0.15) is 0 Å². The van der Waals surface area contributed by atoms with E-state index in [1.54, 1.807) is 0 Å². The van der Waals surface area contributed by atoms with E-state index in [-0.39, 0.29) is 10.8 Å². The highest BCUT2D eigenvalue weighted by molar-refractivity contribution is 7.92. The number of aromatic nitrogens is 1. The van der Waals surface area contributed by atoms with E-state index in [9.17, 15) is 12.8 Å². The van der Waals surface area contributed by atoms with E-state index in [4.69, 9.17) is 11.6 Å². The Morgan fingerprint density at radius 2 is 2.23 bits per heavy atom. The molecule has 0 aliphatic carbocycles. The van der Waals surface area contributed by atoms with E-state index >= 15 is 0 Å². The molecule has 1 aromatic carbocycles. The number of thiazole rings is 1. The molecule has 1 aliphatic rings. The lowest BCUT2D eigenvalue weighted by molar-refractivity contribution is 0.340. The number of anilines is 2. The zero-order valence-electron chi connectivity index (χ0n) is 14.4. The summed E-state index contributed by atoms with van der Waals surface area (Å²) in [5, 5.41) is 1.75. The van der Waals surface area contributed by atoms with Crippen LogP contribution in [0, 0.1) is 11.7 Å². The molecule has 0 radical (unpaired) electrons. The molecule has 142 valence electrons. The predicted molar refractivity (Wildman–Crippen MR) is 103 cm³/mol. The van der Waals surface area contributed by atoms with Gasteiger partial charge >= 0.3 is 0 Å². The smallest absolute Gasteiger partial charge is 0.266 e. The number of benzene rings is 1. The van der Waals surface area contributed by atoms with Crippen LogP contribution in [0.1, 0.15) is 6.42 Å². The van der Waals surface area contributed by atoms with Crippen LogP contribution < -0.4 is 9.62 Å². The maximum Gasteiger partial charge on any atom is 0.266 e. The monoisotopic (exact) mass is 418 g/mol. The first-order valence-electron chi connectivity index (χ1n) is 8.06. The Hall–Kier alpha value is -1.42. The molecule has 6 nitrogen and oxygen atoms in total. The van der Waals surface area contributed by atoms with Gasteiger partial charge in [0.05, 0.1) is 16.2 Å². The van der Waals surface area contributed by atoms with Crippen molar-refractivity contribution in [1.29, 1.82) is 0 Å². The van der Waals surface area contributed by atoms with Crippen LogP contribution in [-0.4, -0.2) is 52.0 Å². The van der Waals surface area contributed by atoms with E-state index in [0.29, 0.717) is 11.6 Å². The summed E-state index contributed by atoms with van der Waals surface area (Å²) < 4.78 is 41.7. The fourth-order valence-electron chi connectivity index (χ4n) is 3.14. The van der Waals surface area contributed by atoms with Crippen LogP contribution in [0.5, 0.6) is 0 Å². The molecule has 3 rings (SSSR count). The molecule has 26 heavy (non-hydrogen) atoms. The van der Waals surface area contributed by atoms with E-state index in [1.807, 2.05) is 19.0 Å². The second kappa shape index (κ2) is 7.67. The molecule has 1 fully saturated rings. The molecule has 1 aliphatic heterocycles. The minimum atomic E-state index is -4.09. The molecule has 1 N–H and O–H groups in total. The van der Waals surface area contributed by atoms with Gasteiger partial charge in [0, 0.05) is 31.1 Å². The fraction of sp³-hybridized carbons (Fsp3) is 0.438. The number of hydrogen-bond donors (Lipinski definition) is 1. The molecule has 2 heterocycles. The third-order valence-corrected chi connectivity index (χ3v) is 6.47. The number of hydrogen-bond acceptors (Lipinski definition) is 6. The Kier molecular flexibility index (Phi) is 5.71. The van der Waals surface area contributed by atoms with Crippen LogP contribution in [0.15, 0.2) is 27.9 Å². The number of nitrogens with zero attached hydrogens (tertiary/aromatic N) is 3. The van der Waals surface area contributed by atoms with Gasteiger partial charge in [0.15, 0.2) is 5.82 Å². The molecule has 0 spiro atoms. The number of nitrogens with one attached hydrogen (secondary N) is 1. The Morgan fingerprint density at radius 1 is 1.46 bits per heavy atom. The highest BCUT2D eigenvalue weighted by atomic mass is 35.5. The third-order valence-electron chi connectivity index (χ3n) is 4.21. The Bertz CT molecular complexity index is 875. The second-order valence-corrected chi connectivity index (χ2v) is 9.35. The number of rotatable bonds is 6. The Labute approximate surface area is 161 Å². The van der Waals surface area contributed by atoms with Crippen molar-refractivity contribution in [2.24, 2.45) is 5.92 Å². The summed E-state index contributed by atoms with van der Waals surface area (Å²) in [5.41, 5.74) is 2.01. The van der Waals surface area contributed by atoms with E-state index in [2.05, 4.69) is 14.6 Å². The molecular formula is C16H20ClFN4O2S2. The van der Waals surface area contributed by atoms with Crippen LogP contribution >= 0.6 is 22.9 Å². The van der Waals surface area contributed by atoms with Crippen LogP contribution in [0.4, 0.5) is 15.9 Å². The first-order valence-corrected chi connectivity index (χ1v) is 10.9. The van der Waals surface area contributed by atoms with Gasteiger partial charge < -0.3 is 9.80 Å². The van der Waals surface area contributed by atoms with Gasteiger partial charge in [-0.15, -0.1) is 11.3 Å². The molecule has 1 atom stereocenters. The van der Waals surface area contributed by atoms with Crippen molar-refractivity contribution in [2.75, 3.05) is 43.4 Å². The Balaban J connectivity index is 1.83. The van der Waals surface area contributed by atoms with E-state index in [1.165, 1.54) is 34.4 Å². The third kappa shape index (κ3) is 4.28. The molecule has 10 heteroatoms. The topological polar surface area (TPSA) is 65.5 Å². The first kappa shape index (κ1) is 19.3. The SMILES string of the molecule is CN(C)CC1CCN(c2cc(F)c(S(=O)(=O)Nc3cscn3)cc2Cl)C1. The van der Waals surface area contributed by atoms with E-state index in [0.717, 1.165) is 26.1 Å². The zero-order valence-corrected chi connectivity index (χ0v) is 16.8. The van der Waals surface area contributed by atoms with Gasteiger partial charge in [0.2, 0.25) is 0 Å². The van der Waals surface area contributed by atoms with Gasteiger partial charge in [0.1, 0.15) is 10.7 Å². The summed E-state index contributed by atoms with van der Waals surface area (Å²) in [4.78, 5) is 7.49. The lowest BCUT2D eigenvalue weighted by Gasteiger charge is -2.22. The molecule has 0 amide bonds. The molecule has 0 saturated carbocycles. The minimum Gasteiger partial charge on any atom is -0.370 e. The van der Waals surface area contributed by atoms with Crippen molar-refractivity contribution in [1.82, 2.24) is 9.88 Å². The van der Waals surface area contributed by atoms with Gasteiger partial charge in [-0.1, -0.05) is 11.6 Å². The summed E-state index contributed by atoms with van der Waals surface area (Å²) in [5.74, 6) is -0.206. The van der Waals surface area contributed by atoms with Crippen LogP contribution in [-0.2, 0) is 10.0 Å². The lowest BCUT2D eigenvalue weighted by Crippen LogP contribution is -2.26. The highest BCUT2D eigenvalue weighted by Crippen LogP contribution is 2.34. The molecule has 1 aromatic heterocycles. The maximum atomic E-state index is 14.6. The molecule has 1 saturated heterocycles. The quantitative estimate of drug-likeness (QED) is 0.780. The summed E-state index contributed by atoms with van der Waals surface area (Å²) in [6.07, 6.45) is 0.988. The maximum absolute atomic E-state index is 14.6. The fourth-order valence-corrected chi connectivity index (χ4v) is 5.13. The summed E-state index contributed by atoms with van der Waals surface area (Å²) in [6.45, 7) is 2.47. The normalized spacial score (nSPS) is 17.9. The van der Waals surface area contributed by atoms with Gasteiger partial charge in [-0.05, 0) is 32.5 Å². The average molecular weight is 419 g/mol. The van der Waals surface area contributed by atoms with Crippen molar-refractivity contribution in [3.8, 4) is 0 Å². The van der Waals surface area contributed by atoms with Crippen molar-refractivity contribution < 1.29 is 12.8 Å². The summed E-state index contributed by atoms with van der Waals surface area (Å²) in [6, 6.07) is 2.37. The number of halogens is 2. The van der Waals surface area contributed by atoms with Gasteiger partial charge in [0.25, 0.3) is 10.0 Å². The minimum absolute atomic E-state index is 0.153. The molecule has 2 aromatic rings. The van der Waals surface area contributed by atoms with Crippen LogP contribution in [0.2, 0.25) is 5.02 Å². The molecule has 1 unspecified atom stereocenters. The standard InChI is InChI=1S/C16H20ClFN4O2S2/c1-21(2)7-11-3-4-22(8-11)14-6-13(18)15(5-12(14)17)26(23,24)20-16-9-25-10-19-16/h5-6,9-11,20H,3-4,7-8H2,1-2H3. The van der Waals surface area contributed by atoms with Crippen molar-refractivity contribution >= 4 is 44.5 Å². The zero-order chi connectivity index (χ0) is 18.9. The summed E-state index contributed by atoms with van der Waals surface area (Å²) >= 11 is 7.54. The van der Waals surface area contributed by atoms with Crippen molar-refractivity contribution in [2.45, 2.75) is 11.3 Å². The first-order chi connectivity index (χ1) is 12.3. The largest absolute Gasteiger partial charge is 0.370 e. The van der Waals surface area contributed by atoms with Gasteiger partial charge in [-0.25, -0.2) is 17.8 Å². The van der Waals surface area contributed by atoms with Crippen LogP contribution in [0.25, 0.3) is 0 Å². The molecule has 0 bridgehead atoms. The molecular weight excluding hydrogens is 399 g/mol. The van der Waals surface area contributed by atoms with Crippen molar-refractivity contribution in [3.63, 3.8) is 0 Å². The highest BCUT2D eigenvalue weighted by Gasteiger charge is 2.28. The predicted octanol–water partition coefficient (Wildman–Crippen LogP) is 3.12. The summed E-state index contributed by atoms with van der Waals surface area (Å²) in [7, 11) is -0.0575. The lowest BCUT2D eigenvalue weighted by atomic mass is 10.1.